The summed E-state index contributed by atoms with van der Waals surface area (Å²) in [6, 6.07) is 2.55. The number of ether oxygens (including phenoxy) is 1. The number of hydrogen-bond acceptors (Lipinski definition) is 7. The summed E-state index contributed by atoms with van der Waals surface area (Å²) in [4.78, 5) is 38.6. The van der Waals surface area contributed by atoms with Gasteiger partial charge in [-0.3, -0.25) is 14.4 Å². The van der Waals surface area contributed by atoms with Crippen molar-refractivity contribution in [3.05, 3.63) is 22.7 Å². The van der Waals surface area contributed by atoms with Gasteiger partial charge < -0.3 is 9.64 Å². The molecule has 9 heteroatoms. The SMILES string of the molecule is COCCN(C)c1c(S(C)(=O)=O)ccc(C(=O)C2C(=O)CCCC2=O)c1Cl. The lowest BCUT2D eigenvalue weighted by Gasteiger charge is -2.25. The molecule has 1 aliphatic carbocycles. The predicted octanol–water partition coefficient (Wildman–Crippen LogP) is 1.95. The zero-order chi connectivity index (χ0) is 20.4. The molecule has 7 nitrogen and oxygen atoms in total. The van der Waals surface area contributed by atoms with Gasteiger partial charge >= 0.3 is 0 Å². The maximum atomic E-state index is 12.9. The summed E-state index contributed by atoms with van der Waals surface area (Å²) >= 11 is 6.41. The van der Waals surface area contributed by atoms with Gasteiger partial charge in [-0.2, -0.15) is 0 Å². The number of benzene rings is 1. The van der Waals surface area contributed by atoms with Crippen LogP contribution >= 0.6 is 11.6 Å². The van der Waals surface area contributed by atoms with E-state index < -0.39 is 33.1 Å². The fourth-order valence-corrected chi connectivity index (χ4v) is 4.47. The number of hydrogen-bond donors (Lipinski definition) is 0. The largest absolute Gasteiger partial charge is 0.383 e. The van der Waals surface area contributed by atoms with Crippen LogP contribution in [0.15, 0.2) is 17.0 Å². The first-order chi connectivity index (χ1) is 12.6. The number of carbonyl (C=O) groups is 3. The first-order valence-electron chi connectivity index (χ1n) is 8.41. The summed E-state index contributed by atoms with van der Waals surface area (Å²) in [5, 5.41) is -0.0901. The summed E-state index contributed by atoms with van der Waals surface area (Å²) in [7, 11) is -0.495. The van der Waals surface area contributed by atoms with E-state index in [9.17, 15) is 22.8 Å². The molecule has 148 valence electrons. The van der Waals surface area contributed by atoms with Crippen LogP contribution < -0.4 is 4.90 Å². The third kappa shape index (κ3) is 4.56. The fraction of sp³-hybridized carbons (Fsp3) is 0.500. The van der Waals surface area contributed by atoms with Crippen LogP contribution in [-0.4, -0.2) is 59.3 Å². The van der Waals surface area contributed by atoms with Gasteiger partial charge in [-0.05, 0) is 18.6 Å². The van der Waals surface area contributed by atoms with Crippen molar-refractivity contribution >= 4 is 44.5 Å². The molecule has 0 N–H and O–H groups in total. The molecule has 0 aliphatic heterocycles. The number of methoxy groups -OCH3 is 1. The van der Waals surface area contributed by atoms with Crippen LogP contribution in [0.5, 0.6) is 0 Å². The zero-order valence-electron chi connectivity index (χ0n) is 15.5. The normalized spacial score (nSPS) is 15.9. The van der Waals surface area contributed by atoms with E-state index in [0.717, 1.165) is 6.26 Å². The van der Waals surface area contributed by atoms with Crippen LogP contribution in [0.3, 0.4) is 0 Å². The monoisotopic (exact) mass is 415 g/mol. The summed E-state index contributed by atoms with van der Waals surface area (Å²) in [6.45, 7) is 0.644. The maximum absolute atomic E-state index is 12.9. The van der Waals surface area contributed by atoms with Crippen molar-refractivity contribution in [1.29, 1.82) is 0 Å². The minimum absolute atomic E-state index is 0.0306. The van der Waals surface area contributed by atoms with E-state index >= 15 is 0 Å². The van der Waals surface area contributed by atoms with Crippen molar-refractivity contribution in [1.82, 2.24) is 0 Å². The van der Waals surface area contributed by atoms with Crippen LogP contribution in [-0.2, 0) is 24.2 Å². The highest BCUT2D eigenvalue weighted by atomic mass is 35.5. The molecule has 0 radical (unpaired) electrons. The number of sulfone groups is 1. The molecule has 27 heavy (non-hydrogen) atoms. The molecule has 0 atom stereocenters. The first-order valence-corrected chi connectivity index (χ1v) is 10.7. The number of nitrogens with zero attached hydrogens (tertiary/aromatic N) is 1. The molecule has 0 heterocycles. The molecular weight excluding hydrogens is 394 g/mol. The first kappa shape index (κ1) is 21.5. The molecular formula is C18H22ClNO6S. The molecule has 1 fully saturated rings. The highest BCUT2D eigenvalue weighted by Crippen LogP contribution is 2.37. The molecule has 1 saturated carbocycles. The second-order valence-corrected chi connectivity index (χ2v) is 8.91. The lowest BCUT2D eigenvalue weighted by Crippen LogP contribution is -2.35. The van der Waals surface area contributed by atoms with E-state index in [-0.39, 0.29) is 34.0 Å². The topological polar surface area (TPSA) is 97.8 Å². The van der Waals surface area contributed by atoms with Crippen molar-refractivity contribution in [3.63, 3.8) is 0 Å². The van der Waals surface area contributed by atoms with E-state index in [2.05, 4.69) is 0 Å². The third-order valence-corrected chi connectivity index (χ3v) is 6.02. The smallest absolute Gasteiger partial charge is 0.182 e. The van der Waals surface area contributed by atoms with Crippen molar-refractivity contribution < 1.29 is 27.5 Å². The summed E-state index contributed by atoms with van der Waals surface area (Å²) in [5.41, 5.74) is 0.120. The van der Waals surface area contributed by atoms with Gasteiger partial charge in [-0.25, -0.2) is 8.42 Å². The number of Topliss-reactive ketones (excluding diaryl/α,β-unsaturated/α-hetero) is 3. The van der Waals surface area contributed by atoms with Gasteiger partial charge in [0.2, 0.25) is 0 Å². The minimum Gasteiger partial charge on any atom is -0.383 e. The Labute approximate surface area is 163 Å². The van der Waals surface area contributed by atoms with E-state index in [1.54, 1.807) is 11.9 Å². The Kier molecular flexibility index (Phi) is 6.77. The van der Waals surface area contributed by atoms with Crippen molar-refractivity contribution in [2.24, 2.45) is 5.92 Å². The minimum atomic E-state index is -3.63. The molecule has 1 aromatic rings. The van der Waals surface area contributed by atoms with Crippen molar-refractivity contribution in [2.45, 2.75) is 24.2 Å². The molecule has 0 bridgehead atoms. The predicted molar refractivity (Wildman–Crippen MR) is 101 cm³/mol. The van der Waals surface area contributed by atoms with Gasteiger partial charge in [0, 0.05) is 45.4 Å². The number of likely N-dealkylation sites (N-methyl/N-ethyl adjacent to an activating group) is 1. The Morgan fingerprint density at radius 3 is 2.37 bits per heavy atom. The molecule has 0 aromatic heterocycles. The van der Waals surface area contributed by atoms with Crippen molar-refractivity contribution in [2.75, 3.05) is 38.5 Å². The average molecular weight is 416 g/mol. The van der Waals surface area contributed by atoms with Crippen LogP contribution in [0.4, 0.5) is 5.69 Å². The molecule has 0 unspecified atom stereocenters. The average Bonchev–Trinajstić information content (AvgIpc) is 2.58. The van der Waals surface area contributed by atoms with Gasteiger partial charge in [-0.1, -0.05) is 11.6 Å². The fourth-order valence-electron chi connectivity index (χ4n) is 3.09. The summed E-state index contributed by atoms with van der Waals surface area (Å²) in [6.07, 6.45) is 1.82. The van der Waals surface area contributed by atoms with Crippen molar-refractivity contribution in [3.8, 4) is 0 Å². The molecule has 1 aliphatic rings. The Balaban J connectivity index is 2.57. The standard InChI is InChI=1S/C18H22ClNO6S/c1-20(9-10-26-2)17-14(27(3,24)25)8-7-11(16(17)19)18(23)15-12(21)5-4-6-13(15)22/h7-8,15H,4-6,9-10H2,1-3H3. The highest BCUT2D eigenvalue weighted by molar-refractivity contribution is 7.90. The Bertz CT molecular complexity index is 864. The molecule has 0 spiro atoms. The van der Waals surface area contributed by atoms with Gasteiger partial charge in [-0.15, -0.1) is 0 Å². The molecule has 1 aromatic carbocycles. The van der Waals surface area contributed by atoms with Gasteiger partial charge in [0.25, 0.3) is 0 Å². The molecule has 2 rings (SSSR count). The molecule has 0 saturated heterocycles. The van der Waals surface area contributed by atoms with Crippen LogP contribution in [0.1, 0.15) is 29.6 Å². The van der Waals surface area contributed by atoms with E-state index in [1.165, 1.54) is 19.2 Å². The molecule has 0 amide bonds. The van der Waals surface area contributed by atoms with E-state index in [1.807, 2.05) is 0 Å². The Hall–Kier alpha value is -1.77. The van der Waals surface area contributed by atoms with Crippen LogP contribution in [0, 0.1) is 5.92 Å². The lowest BCUT2D eigenvalue weighted by atomic mass is 9.81. The second-order valence-electron chi connectivity index (χ2n) is 6.54. The number of carbonyl (C=O) groups excluding carboxylic acids is 3. The number of ketones is 3. The van der Waals surface area contributed by atoms with Crippen LogP contribution in [0.2, 0.25) is 5.02 Å². The highest BCUT2D eigenvalue weighted by Gasteiger charge is 2.38. The number of rotatable bonds is 7. The van der Waals surface area contributed by atoms with Gasteiger partial charge in [0.05, 0.1) is 22.2 Å². The lowest BCUT2D eigenvalue weighted by molar-refractivity contribution is -0.133. The number of anilines is 1. The van der Waals surface area contributed by atoms with Gasteiger partial charge in [0.15, 0.2) is 27.2 Å². The van der Waals surface area contributed by atoms with E-state index in [4.69, 9.17) is 16.3 Å². The zero-order valence-corrected chi connectivity index (χ0v) is 17.0. The van der Waals surface area contributed by atoms with E-state index in [0.29, 0.717) is 19.6 Å². The Morgan fingerprint density at radius 2 is 1.85 bits per heavy atom. The summed E-state index contributed by atoms with van der Waals surface area (Å²) < 4.78 is 29.3. The second kappa shape index (κ2) is 8.50. The Morgan fingerprint density at radius 1 is 1.26 bits per heavy atom. The quantitative estimate of drug-likeness (QED) is 0.495. The van der Waals surface area contributed by atoms with Gasteiger partial charge in [0.1, 0.15) is 5.92 Å². The number of halogens is 1. The summed E-state index contributed by atoms with van der Waals surface area (Å²) in [5.74, 6) is -2.89. The third-order valence-electron chi connectivity index (χ3n) is 4.51. The maximum Gasteiger partial charge on any atom is 0.182 e. The van der Waals surface area contributed by atoms with Crippen LogP contribution in [0.25, 0.3) is 0 Å².